The van der Waals surface area contributed by atoms with Crippen LogP contribution < -0.4 is 5.32 Å². The Hall–Kier alpha value is -1.82. The van der Waals surface area contributed by atoms with Gasteiger partial charge in [0.2, 0.25) is 0 Å². The Bertz CT molecular complexity index is 506. The quantitative estimate of drug-likeness (QED) is 0.885. The molecule has 1 aromatic carbocycles. The average molecular weight is 255 g/mol. The second-order valence-corrected chi connectivity index (χ2v) is 3.82. The molecular formula is C12H12F3N3. The SMILES string of the molecule is CNC(c1cccc(C(F)(F)F)c1)c1ncc[nH]1. The van der Waals surface area contributed by atoms with E-state index in [0.29, 0.717) is 11.4 Å². The van der Waals surface area contributed by atoms with E-state index in [1.165, 1.54) is 6.07 Å². The summed E-state index contributed by atoms with van der Waals surface area (Å²) in [5.74, 6) is 0.580. The first-order valence-electron chi connectivity index (χ1n) is 5.36. The van der Waals surface area contributed by atoms with Crippen LogP contribution in [0.2, 0.25) is 0 Å². The van der Waals surface area contributed by atoms with E-state index in [-0.39, 0.29) is 6.04 Å². The highest BCUT2D eigenvalue weighted by Crippen LogP contribution is 2.31. The molecule has 2 rings (SSSR count). The van der Waals surface area contributed by atoms with Gasteiger partial charge in [0.15, 0.2) is 0 Å². The van der Waals surface area contributed by atoms with Gasteiger partial charge >= 0.3 is 6.18 Å². The molecule has 0 aliphatic rings. The number of imidazole rings is 1. The Kier molecular flexibility index (Phi) is 3.38. The predicted molar refractivity (Wildman–Crippen MR) is 60.9 cm³/mol. The third kappa shape index (κ3) is 2.53. The van der Waals surface area contributed by atoms with Gasteiger partial charge in [-0.1, -0.05) is 12.1 Å². The number of nitrogens with zero attached hydrogens (tertiary/aromatic N) is 1. The molecule has 2 aromatic rings. The normalized spacial score (nSPS) is 13.6. The van der Waals surface area contributed by atoms with E-state index in [9.17, 15) is 13.2 Å². The zero-order valence-electron chi connectivity index (χ0n) is 9.62. The first-order valence-corrected chi connectivity index (χ1v) is 5.36. The molecule has 6 heteroatoms. The number of rotatable bonds is 3. The monoisotopic (exact) mass is 255 g/mol. The number of alkyl halides is 3. The van der Waals surface area contributed by atoms with Crippen molar-refractivity contribution >= 4 is 0 Å². The maximum atomic E-state index is 12.6. The fourth-order valence-corrected chi connectivity index (χ4v) is 1.79. The molecule has 1 unspecified atom stereocenters. The van der Waals surface area contributed by atoms with Crippen molar-refractivity contribution in [1.82, 2.24) is 15.3 Å². The van der Waals surface area contributed by atoms with Crippen molar-refractivity contribution in [3.8, 4) is 0 Å². The summed E-state index contributed by atoms with van der Waals surface area (Å²) >= 11 is 0. The van der Waals surface area contributed by atoms with Gasteiger partial charge in [-0.3, -0.25) is 0 Å². The molecule has 96 valence electrons. The maximum absolute atomic E-state index is 12.6. The molecule has 18 heavy (non-hydrogen) atoms. The standard InChI is InChI=1S/C12H12F3N3/c1-16-10(11-17-5-6-18-11)8-3-2-4-9(7-8)12(13,14)15/h2-7,10,16H,1H3,(H,17,18). The van der Waals surface area contributed by atoms with Gasteiger partial charge in [-0.15, -0.1) is 0 Å². The third-order valence-electron chi connectivity index (χ3n) is 2.63. The van der Waals surface area contributed by atoms with Crippen LogP contribution in [0.4, 0.5) is 13.2 Å². The predicted octanol–water partition coefficient (Wildman–Crippen LogP) is 2.74. The summed E-state index contributed by atoms with van der Waals surface area (Å²) in [5.41, 5.74) is -0.144. The van der Waals surface area contributed by atoms with Crippen molar-refractivity contribution in [2.75, 3.05) is 7.05 Å². The number of H-pyrrole nitrogens is 1. The lowest BCUT2D eigenvalue weighted by Gasteiger charge is -2.16. The van der Waals surface area contributed by atoms with Crippen LogP contribution >= 0.6 is 0 Å². The second kappa shape index (κ2) is 4.81. The number of halogens is 3. The summed E-state index contributed by atoms with van der Waals surface area (Å²) in [6, 6.07) is 4.83. The average Bonchev–Trinajstić information content (AvgIpc) is 2.83. The van der Waals surface area contributed by atoms with E-state index >= 15 is 0 Å². The largest absolute Gasteiger partial charge is 0.416 e. The molecule has 2 N–H and O–H groups in total. The van der Waals surface area contributed by atoms with Crippen molar-refractivity contribution in [2.24, 2.45) is 0 Å². The van der Waals surface area contributed by atoms with E-state index in [1.807, 2.05) is 0 Å². The molecule has 0 bridgehead atoms. The number of benzene rings is 1. The lowest BCUT2D eigenvalue weighted by molar-refractivity contribution is -0.137. The number of aromatic amines is 1. The van der Waals surface area contributed by atoms with Crippen molar-refractivity contribution in [1.29, 1.82) is 0 Å². The molecule has 0 radical (unpaired) electrons. The fraction of sp³-hybridized carbons (Fsp3) is 0.250. The zero-order chi connectivity index (χ0) is 13.2. The van der Waals surface area contributed by atoms with Gasteiger partial charge in [0.25, 0.3) is 0 Å². The Morgan fingerprint density at radius 3 is 2.67 bits per heavy atom. The van der Waals surface area contributed by atoms with Crippen LogP contribution in [0.1, 0.15) is 23.0 Å². The molecule has 1 aromatic heterocycles. The molecule has 1 atom stereocenters. The number of hydrogen-bond donors (Lipinski definition) is 2. The zero-order valence-corrected chi connectivity index (χ0v) is 9.62. The minimum Gasteiger partial charge on any atom is -0.347 e. The summed E-state index contributed by atoms with van der Waals surface area (Å²) in [4.78, 5) is 6.95. The van der Waals surface area contributed by atoms with Gasteiger partial charge in [0, 0.05) is 12.4 Å². The summed E-state index contributed by atoms with van der Waals surface area (Å²) in [6.07, 6.45) is -1.14. The lowest BCUT2D eigenvalue weighted by Crippen LogP contribution is -2.19. The van der Waals surface area contributed by atoms with Crippen molar-refractivity contribution in [3.05, 3.63) is 53.6 Å². The summed E-state index contributed by atoms with van der Waals surface area (Å²) < 4.78 is 37.9. The summed E-state index contributed by atoms with van der Waals surface area (Å²) in [6.45, 7) is 0. The Morgan fingerprint density at radius 2 is 2.11 bits per heavy atom. The molecule has 0 fully saturated rings. The van der Waals surface area contributed by atoms with Crippen LogP contribution in [-0.2, 0) is 6.18 Å². The first kappa shape index (κ1) is 12.6. The topological polar surface area (TPSA) is 40.7 Å². The molecule has 0 saturated heterocycles. The highest BCUT2D eigenvalue weighted by molar-refractivity contribution is 5.31. The van der Waals surface area contributed by atoms with Gasteiger partial charge in [0.1, 0.15) is 5.82 Å². The third-order valence-corrected chi connectivity index (χ3v) is 2.63. The van der Waals surface area contributed by atoms with Gasteiger partial charge in [0.05, 0.1) is 11.6 Å². The number of nitrogens with one attached hydrogen (secondary N) is 2. The highest BCUT2D eigenvalue weighted by Gasteiger charge is 2.31. The number of aromatic nitrogens is 2. The van der Waals surface area contributed by atoms with Gasteiger partial charge in [-0.25, -0.2) is 4.98 Å². The molecule has 0 aliphatic carbocycles. The van der Waals surface area contributed by atoms with Crippen LogP contribution in [0.3, 0.4) is 0 Å². The van der Waals surface area contributed by atoms with E-state index < -0.39 is 11.7 Å². The van der Waals surface area contributed by atoms with Gasteiger partial charge in [-0.2, -0.15) is 13.2 Å². The fourth-order valence-electron chi connectivity index (χ4n) is 1.79. The van der Waals surface area contributed by atoms with Crippen LogP contribution in [0.15, 0.2) is 36.7 Å². The van der Waals surface area contributed by atoms with Crippen molar-refractivity contribution in [3.63, 3.8) is 0 Å². The van der Waals surface area contributed by atoms with Crippen LogP contribution in [0.25, 0.3) is 0 Å². The van der Waals surface area contributed by atoms with Crippen LogP contribution in [0, 0.1) is 0 Å². The van der Waals surface area contributed by atoms with Crippen molar-refractivity contribution < 1.29 is 13.2 Å². The van der Waals surface area contributed by atoms with Crippen molar-refractivity contribution in [2.45, 2.75) is 12.2 Å². The molecular weight excluding hydrogens is 243 g/mol. The van der Waals surface area contributed by atoms with E-state index in [2.05, 4.69) is 15.3 Å². The highest BCUT2D eigenvalue weighted by atomic mass is 19.4. The molecule has 0 aliphatic heterocycles. The molecule has 1 heterocycles. The maximum Gasteiger partial charge on any atom is 0.416 e. The Labute approximate surface area is 102 Å². The van der Waals surface area contributed by atoms with Crippen LogP contribution in [0.5, 0.6) is 0 Å². The smallest absolute Gasteiger partial charge is 0.347 e. The second-order valence-electron chi connectivity index (χ2n) is 3.82. The molecule has 0 amide bonds. The van der Waals surface area contributed by atoms with E-state index in [1.54, 1.807) is 25.5 Å². The molecule has 0 saturated carbocycles. The minimum absolute atomic E-state index is 0.387. The lowest BCUT2D eigenvalue weighted by atomic mass is 10.0. The minimum atomic E-state index is -4.34. The molecule has 0 spiro atoms. The van der Waals surface area contributed by atoms with Gasteiger partial charge in [-0.05, 0) is 24.7 Å². The molecule has 3 nitrogen and oxygen atoms in total. The summed E-state index contributed by atoms with van der Waals surface area (Å²) in [7, 11) is 1.67. The van der Waals surface area contributed by atoms with Gasteiger partial charge < -0.3 is 10.3 Å². The summed E-state index contributed by atoms with van der Waals surface area (Å²) in [5, 5.41) is 2.94. The van der Waals surface area contributed by atoms with E-state index in [4.69, 9.17) is 0 Å². The van der Waals surface area contributed by atoms with E-state index in [0.717, 1.165) is 12.1 Å². The Morgan fingerprint density at radius 1 is 1.33 bits per heavy atom. The Balaban J connectivity index is 2.38. The van der Waals surface area contributed by atoms with Crippen LogP contribution in [-0.4, -0.2) is 17.0 Å². The first-order chi connectivity index (χ1) is 8.52. The number of hydrogen-bond acceptors (Lipinski definition) is 2.